The second-order valence-electron chi connectivity index (χ2n) is 14.3. The first-order valence-corrected chi connectivity index (χ1v) is 19.4. The van der Waals surface area contributed by atoms with Crippen LogP contribution < -0.4 is 10.5 Å². The number of pyridine rings is 1. The van der Waals surface area contributed by atoms with Crippen molar-refractivity contribution in [1.82, 2.24) is 34.1 Å². The molecule has 0 aliphatic heterocycles. The highest BCUT2D eigenvalue weighted by Gasteiger charge is 2.69. The third kappa shape index (κ3) is 6.57. The van der Waals surface area contributed by atoms with Crippen molar-refractivity contribution in [3.8, 4) is 22.5 Å². The predicted octanol–water partition coefficient (Wildman–Crippen LogP) is 6.82. The van der Waals surface area contributed by atoms with Crippen LogP contribution in [-0.4, -0.2) is 54.7 Å². The zero-order valence-electron chi connectivity index (χ0n) is 29.8. The molecule has 4 aromatic heterocycles. The molecule has 0 saturated heterocycles. The molecule has 0 radical (unpaired) electrons. The summed E-state index contributed by atoms with van der Waals surface area (Å²) in [7, 11) is -0.743. The number of primary amides is 1. The van der Waals surface area contributed by atoms with Crippen LogP contribution >= 0.6 is 11.6 Å². The van der Waals surface area contributed by atoms with Crippen molar-refractivity contribution in [2.75, 3.05) is 11.0 Å². The fourth-order valence-corrected chi connectivity index (χ4v) is 8.71. The van der Waals surface area contributed by atoms with E-state index in [4.69, 9.17) is 22.3 Å². The van der Waals surface area contributed by atoms with Gasteiger partial charge in [0.15, 0.2) is 11.5 Å². The molecular weight excluding hydrogens is 807 g/mol. The van der Waals surface area contributed by atoms with E-state index in [9.17, 15) is 35.2 Å². The van der Waals surface area contributed by atoms with E-state index in [-0.39, 0.29) is 61.9 Å². The third-order valence-electron chi connectivity index (χ3n) is 10.2. The molecule has 8 rings (SSSR count). The number of aryl methyl sites for hydroxylation is 2. The molecule has 1 fully saturated rings. The summed E-state index contributed by atoms with van der Waals surface area (Å²) in [5.41, 5.74) is 3.23. The maximum Gasteiger partial charge on any atom is 0.435 e. The molecule has 57 heavy (non-hydrogen) atoms. The number of hydrogen-bond donors (Lipinski definition) is 2. The summed E-state index contributed by atoms with van der Waals surface area (Å²) in [5, 5.41) is 8.12. The minimum absolute atomic E-state index is 0.0574. The number of nitrogens with one attached hydrogen (secondary N) is 1. The molecule has 1 unspecified atom stereocenters. The van der Waals surface area contributed by atoms with Crippen LogP contribution in [0.25, 0.3) is 33.4 Å². The fourth-order valence-electron chi connectivity index (χ4n) is 7.98. The minimum Gasteiger partial charge on any atom is -0.368 e. The molecule has 0 bridgehead atoms. The molecule has 4 atom stereocenters. The maximum absolute atomic E-state index is 16.1. The first-order valence-electron chi connectivity index (χ1n) is 17.1. The van der Waals surface area contributed by atoms with E-state index >= 15 is 8.78 Å². The fraction of sp³-hybridized carbons (Fsp3) is 0.306. The van der Waals surface area contributed by atoms with Crippen LogP contribution in [0.2, 0.25) is 5.02 Å². The number of anilines is 1. The molecule has 1 amide bonds. The van der Waals surface area contributed by atoms with E-state index in [1.54, 1.807) is 17.8 Å². The Balaban J connectivity index is 1.45. The summed E-state index contributed by atoms with van der Waals surface area (Å²) >= 11 is 6.60. The Morgan fingerprint density at radius 1 is 1.05 bits per heavy atom. The van der Waals surface area contributed by atoms with E-state index < -0.39 is 86.8 Å². The highest BCUT2D eigenvalue weighted by atomic mass is 35.5. The van der Waals surface area contributed by atoms with Gasteiger partial charge in [-0.2, -0.15) is 32.1 Å². The van der Waals surface area contributed by atoms with Crippen LogP contribution in [0, 0.1) is 17.6 Å². The molecule has 0 spiro atoms. The molecule has 21 heteroatoms. The number of benzene rings is 2. The highest BCUT2D eigenvalue weighted by molar-refractivity contribution is 7.92. The summed E-state index contributed by atoms with van der Waals surface area (Å²) in [6.45, 7) is 0. The number of rotatable bonds is 10. The number of imidazole rings is 1. The SMILES string of the molecule is Cn1cnc(-c2ccc(-c3ccc(Cl)c4c(NS(C)(=O)=O)nn(C)c34)c([C@@H](Cc3cc(F)cc(F)c3)C(C(N)=O)n3nc(C(F)(F)F)c4c3C(F)(F)[C@@H]3C[C@H]43)n2)c1. The quantitative estimate of drug-likeness (QED) is 0.144. The van der Waals surface area contributed by atoms with Gasteiger partial charge in [-0.05, 0) is 48.6 Å². The first-order chi connectivity index (χ1) is 26.6. The van der Waals surface area contributed by atoms with Crippen molar-refractivity contribution in [3.05, 3.63) is 99.9 Å². The van der Waals surface area contributed by atoms with Crippen LogP contribution in [0.15, 0.2) is 55.0 Å². The molecular formula is C36H29ClF7N9O3S. The number of carbonyl (C=O) groups is 1. The maximum atomic E-state index is 16.1. The van der Waals surface area contributed by atoms with E-state index in [2.05, 4.69) is 19.9 Å². The van der Waals surface area contributed by atoms with Crippen LogP contribution in [0.3, 0.4) is 0 Å². The molecule has 2 aromatic carbocycles. The van der Waals surface area contributed by atoms with Crippen molar-refractivity contribution in [2.45, 2.75) is 42.8 Å². The van der Waals surface area contributed by atoms with Crippen molar-refractivity contribution < 1.29 is 43.9 Å². The lowest BCUT2D eigenvalue weighted by molar-refractivity contribution is -0.142. The average Bonchev–Trinajstić information content (AvgIpc) is 3.31. The number of nitrogens with zero attached hydrogens (tertiary/aromatic N) is 7. The second kappa shape index (κ2) is 13.0. The number of hydrogen-bond acceptors (Lipinski definition) is 7. The van der Waals surface area contributed by atoms with Gasteiger partial charge in [0, 0.05) is 54.9 Å². The van der Waals surface area contributed by atoms with Gasteiger partial charge in [0.2, 0.25) is 15.9 Å². The number of fused-ring (bicyclic) bond motifs is 4. The monoisotopic (exact) mass is 835 g/mol. The average molecular weight is 836 g/mol. The Morgan fingerprint density at radius 3 is 2.35 bits per heavy atom. The number of amides is 1. The smallest absolute Gasteiger partial charge is 0.368 e. The van der Waals surface area contributed by atoms with Gasteiger partial charge in [-0.15, -0.1) is 0 Å². The number of nitrogens with two attached hydrogens (primary N) is 1. The number of carbonyl (C=O) groups excluding carboxylic acids is 1. The van der Waals surface area contributed by atoms with Gasteiger partial charge in [0.05, 0.1) is 39.9 Å². The van der Waals surface area contributed by atoms with E-state index in [0.717, 1.165) is 18.4 Å². The molecule has 2 aliphatic rings. The largest absolute Gasteiger partial charge is 0.435 e. The van der Waals surface area contributed by atoms with E-state index in [1.807, 2.05) is 0 Å². The van der Waals surface area contributed by atoms with Crippen molar-refractivity contribution in [3.63, 3.8) is 0 Å². The van der Waals surface area contributed by atoms with Gasteiger partial charge in [-0.3, -0.25) is 19.2 Å². The summed E-state index contributed by atoms with van der Waals surface area (Å²) in [4.78, 5) is 23.0. The molecule has 4 heterocycles. The molecule has 12 nitrogen and oxygen atoms in total. The van der Waals surface area contributed by atoms with Gasteiger partial charge < -0.3 is 10.3 Å². The topological polar surface area (TPSA) is 156 Å². The van der Waals surface area contributed by atoms with Gasteiger partial charge in [0.1, 0.15) is 29.1 Å². The molecule has 298 valence electrons. The Labute approximate surface area is 323 Å². The highest BCUT2D eigenvalue weighted by Crippen LogP contribution is 2.69. The lowest BCUT2D eigenvalue weighted by atomic mass is 9.84. The standard InChI is InChI=1S/C36H29ClF7N9O3S/c1-51-13-25(46-14-51)24-7-5-18(19-4-6-23(37)27-29(19)52(2)49-34(27)50-57(3,55)56)28(47-24)21(10-15-8-16(38)11-17(39)9-15)30(33(45)54)53-32-26(31(48-53)36(42,43)44)20-12-22(20)35(32,40)41/h4-9,11,13-14,20-22,30H,10,12H2,1-3H3,(H2,45,54)(H,49,50)/t20-,21+,22+,30?/m0/s1. The van der Waals surface area contributed by atoms with E-state index in [1.165, 1.54) is 42.3 Å². The van der Waals surface area contributed by atoms with Crippen molar-refractivity contribution in [2.24, 2.45) is 25.7 Å². The molecule has 3 N–H and O–H groups in total. The zero-order valence-corrected chi connectivity index (χ0v) is 31.4. The summed E-state index contributed by atoms with van der Waals surface area (Å²) in [5.74, 6) is -11.8. The lowest BCUT2D eigenvalue weighted by Gasteiger charge is -2.30. The minimum atomic E-state index is -5.21. The molecule has 2 aliphatic carbocycles. The number of halogens is 8. The Bertz CT molecular complexity index is 2740. The Kier molecular flexibility index (Phi) is 8.76. The van der Waals surface area contributed by atoms with Crippen LogP contribution in [0.1, 0.15) is 52.5 Å². The van der Waals surface area contributed by atoms with Crippen LogP contribution in [0.4, 0.5) is 36.6 Å². The number of aromatic nitrogens is 7. The summed E-state index contributed by atoms with van der Waals surface area (Å²) in [6, 6.07) is 6.21. The van der Waals surface area contributed by atoms with Gasteiger partial charge >= 0.3 is 6.18 Å². The summed E-state index contributed by atoms with van der Waals surface area (Å²) < 4.78 is 136. The normalized spacial score (nSPS) is 18.4. The lowest BCUT2D eigenvalue weighted by Crippen LogP contribution is -2.37. The van der Waals surface area contributed by atoms with E-state index in [0.29, 0.717) is 10.7 Å². The third-order valence-corrected chi connectivity index (χ3v) is 11.1. The number of sulfonamides is 1. The molecule has 1 saturated carbocycles. The second-order valence-corrected chi connectivity index (χ2v) is 16.4. The van der Waals surface area contributed by atoms with Crippen molar-refractivity contribution >= 4 is 44.3 Å². The Morgan fingerprint density at radius 2 is 1.74 bits per heavy atom. The molecule has 6 aromatic rings. The van der Waals surface area contributed by atoms with Gasteiger partial charge in [-0.1, -0.05) is 23.7 Å². The predicted molar refractivity (Wildman–Crippen MR) is 193 cm³/mol. The zero-order chi connectivity index (χ0) is 41.1. The van der Waals surface area contributed by atoms with Gasteiger partial charge in [-0.25, -0.2) is 26.9 Å². The Hall–Kier alpha value is -5.50. The van der Waals surface area contributed by atoms with Crippen LogP contribution in [-0.2, 0) is 47.4 Å². The van der Waals surface area contributed by atoms with Crippen LogP contribution in [0.5, 0.6) is 0 Å². The number of alkyl halides is 5. The first kappa shape index (κ1) is 38.4. The summed E-state index contributed by atoms with van der Waals surface area (Å²) in [6.07, 6.45) is -2.09. The van der Waals surface area contributed by atoms with Crippen molar-refractivity contribution in [1.29, 1.82) is 0 Å². The van der Waals surface area contributed by atoms with Gasteiger partial charge in [0.25, 0.3) is 5.92 Å².